The highest BCUT2D eigenvalue weighted by molar-refractivity contribution is 7.89. The normalized spacial score (nSPS) is 13.9. The van der Waals surface area contributed by atoms with Gasteiger partial charge >= 0.3 is 0 Å². The highest BCUT2D eigenvalue weighted by Crippen LogP contribution is 2.33. The van der Waals surface area contributed by atoms with E-state index in [4.69, 9.17) is 4.98 Å². The van der Waals surface area contributed by atoms with Gasteiger partial charge in [0.05, 0.1) is 21.7 Å². The second-order valence-corrected chi connectivity index (χ2v) is 11.6. The molecule has 2 aromatic carbocycles. The van der Waals surface area contributed by atoms with Crippen LogP contribution in [0.1, 0.15) is 41.3 Å². The minimum atomic E-state index is -3.57. The summed E-state index contributed by atoms with van der Waals surface area (Å²) in [7, 11) is -1.96. The van der Waals surface area contributed by atoms with Gasteiger partial charge in [0.2, 0.25) is 10.0 Å². The van der Waals surface area contributed by atoms with Crippen LogP contribution in [0.5, 0.6) is 0 Å². The largest absolute Gasteiger partial charge is 0.279 e. The molecule has 4 aromatic rings. The molecule has 5 rings (SSSR count). The molecule has 180 valence electrons. The molecule has 7 nitrogen and oxygen atoms in total. The van der Waals surface area contributed by atoms with Crippen molar-refractivity contribution < 1.29 is 13.2 Å². The number of rotatable bonds is 8. The van der Waals surface area contributed by atoms with Gasteiger partial charge in [-0.05, 0) is 66.8 Å². The van der Waals surface area contributed by atoms with Crippen LogP contribution in [0, 0.1) is 0 Å². The number of sulfonamides is 1. The summed E-state index contributed by atoms with van der Waals surface area (Å²) < 4.78 is 28.2. The lowest BCUT2D eigenvalue weighted by molar-refractivity contribution is 0.0985. The maximum absolute atomic E-state index is 13.7. The van der Waals surface area contributed by atoms with Crippen molar-refractivity contribution in [3.8, 4) is 0 Å². The number of thiazole rings is 1. The first-order valence-electron chi connectivity index (χ1n) is 11.6. The first kappa shape index (κ1) is 23.6. The van der Waals surface area contributed by atoms with Gasteiger partial charge < -0.3 is 0 Å². The Hall–Kier alpha value is -3.14. The molecule has 1 fully saturated rings. The number of carbonyl (C=O) groups is 1. The molecule has 0 aliphatic heterocycles. The van der Waals surface area contributed by atoms with Crippen molar-refractivity contribution in [2.45, 2.75) is 43.7 Å². The second-order valence-electron chi connectivity index (χ2n) is 8.64. The smallest absolute Gasteiger partial charge is 0.260 e. The molecule has 0 atom stereocenters. The minimum absolute atomic E-state index is 0.0725. The van der Waals surface area contributed by atoms with Crippen LogP contribution in [-0.2, 0) is 23.0 Å². The Labute approximate surface area is 209 Å². The van der Waals surface area contributed by atoms with Crippen LogP contribution in [0.3, 0.4) is 0 Å². The highest BCUT2D eigenvalue weighted by atomic mass is 32.2. The molecule has 35 heavy (non-hydrogen) atoms. The second kappa shape index (κ2) is 9.49. The van der Waals surface area contributed by atoms with Gasteiger partial charge in [-0.3, -0.25) is 14.7 Å². The summed E-state index contributed by atoms with van der Waals surface area (Å²) in [6.07, 6.45) is 6.05. The summed E-state index contributed by atoms with van der Waals surface area (Å²) in [6, 6.07) is 16.1. The van der Waals surface area contributed by atoms with Crippen molar-refractivity contribution in [1.29, 1.82) is 0 Å². The van der Waals surface area contributed by atoms with Crippen molar-refractivity contribution in [3.05, 3.63) is 83.7 Å². The van der Waals surface area contributed by atoms with Crippen molar-refractivity contribution in [2.24, 2.45) is 0 Å². The quantitative estimate of drug-likeness (QED) is 0.340. The van der Waals surface area contributed by atoms with E-state index in [9.17, 15) is 13.2 Å². The number of benzene rings is 2. The van der Waals surface area contributed by atoms with Crippen LogP contribution < -0.4 is 4.90 Å². The Morgan fingerprint density at radius 1 is 1.09 bits per heavy atom. The zero-order chi connectivity index (χ0) is 24.6. The Morgan fingerprint density at radius 3 is 2.51 bits per heavy atom. The molecule has 1 aliphatic rings. The summed E-state index contributed by atoms with van der Waals surface area (Å²) in [5.41, 5.74) is 3.31. The molecule has 2 heterocycles. The molecule has 2 aromatic heterocycles. The third-order valence-electron chi connectivity index (χ3n) is 6.25. The molecule has 1 aliphatic carbocycles. The van der Waals surface area contributed by atoms with E-state index in [1.807, 2.05) is 24.3 Å². The van der Waals surface area contributed by atoms with E-state index in [2.05, 4.69) is 18.0 Å². The number of nitrogens with zero attached hydrogens (tertiary/aromatic N) is 4. The lowest BCUT2D eigenvalue weighted by Crippen LogP contribution is -2.31. The maximum Gasteiger partial charge on any atom is 0.260 e. The fraction of sp³-hybridized carbons (Fsp3) is 0.269. The molecule has 0 N–H and O–H groups in total. The maximum atomic E-state index is 13.7. The number of aromatic nitrogens is 2. The van der Waals surface area contributed by atoms with Crippen LogP contribution in [0.25, 0.3) is 10.2 Å². The van der Waals surface area contributed by atoms with Gasteiger partial charge in [-0.25, -0.2) is 13.4 Å². The molecular weight excluding hydrogens is 480 g/mol. The van der Waals surface area contributed by atoms with Crippen molar-refractivity contribution in [1.82, 2.24) is 14.3 Å². The Morgan fingerprint density at radius 2 is 1.86 bits per heavy atom. The molecule has 0 radical (unpaired) electrons. The number of anilines is 1. The van der Waals surface area contributed by atoms with Crippen LogP contribution >= 0.6 is 11.3 Å². The molecular formula is C26H26N4O3S2. The van der Waals surface area contributed by atoms with Gasteiger partial charge in [-0.15, -0.1) is 0 Å². The van der Waals surface area contributed by atoms with Crippen LogP contribution in [0.4, 0.5) is 5.13 Å². The third kappa shape index (κ3) is 4.71. The molecule has 0 spiro atoms. The summed E-state index contributed by atoms with van der Waals surface area (Å²) in [6.45, 7) is 2.39. The van der Waals surface area contributed by atoms with Crippen LogP contribution in [-0.4, -0.2) is 41.7 Å². The van der Waals surface area contributed by atoms with E-state index in [0.717, 1.165) is 40.6 Å². The molecule has 1 saturated carbocycles. The van der Waals surface area contributed by atoms with E-state index in [0.29, 0.717) is 17.2 Å². The van der Waals surface area contributed by atoms with Gasteiger partial charge in [-0.2, -0.15) is 4.31 Å². The topological polar surface area (TPSA) is 83.5 Å². The average Bonchev–Trinajstić information content (AvgIpc) is 3.64. The summed E-state index contributed by atoms with van der Waals surface area (Å²) in [4.78, 5) is 24.6. The molecule has 0 bridgehead atoms. The van der Waals surface area contributed by atoms with Gasteiger partial charge in [0.1, 0.15) is 0 Å². The Bertz CT molecular complexity index is 1460. The zero-order valence-corrected chi connectivity index (χ0v) is 21.2. The van der Waals surface area contributed by atoms with Crippen molar-refractivity contribution in [2.75, 3.05) is 11.9 Å². The van der Waals surface area contributed by atoms with Crippen molar-refractivity contribution in [3.63, 3.8) is 0 Å². The first-order valence-corrected chi connectivity index (χ1v) is 13.8. The predicted octanol–water partition coefficient (Wildman–Crippen LogP) is 4.88. The standard InChI is InChI=1S/C26H26N4O3S2/c1-3-19-7-4-8-23-24(19)28-26(34-23)30(17-18-6-5-15-27-16-18)25(31)20-9-13-22(14-10-20)35(32,33)29(2)21-11-12-21/h4-10,13-16,21H,3,11-12,17H2,1-2H3. The van der Waals surface area contributed by atoms with Crippen LogP contribution in [0.2, 0.25) is 0 Å². The lowest BCUT2D eigenvalue weighted by Gasteiger charge is -2.20. The minimum Gasteiger partial charge on any atom is -0.279 e. The van der Waals surface area contributed by atoms with E-state index in [1.165, 1.54) is 27.8 Å². The lowest BCUT2D eigenvalue weighted by atomic mass is 10.1. The number of hydrogen-bond acceptors (Lipinski definition) is 6. The fourth-order valence-electron chi connectivity index (χ4n) is 4.02. The van der Waals surface area contributed by atoms with Crippen LogP contribution in [0.15, 0.2) is 71.9 Å². The van der Waals surface area contributed by atoms with Gasteiger partial charge in [0.25, 0.3) is 5.91 Å². The summed E-state index contributed by atoms with van der Waals surface area (Å²) >= 11 is 1.47. The van der Waals surface area contributed by atoms with Gasteiger partial charge in [-0.1, -0.05) is 36.5 Å². The summed E-state index contributed by atoms with van der Waals surface area (Å²) in [5, 5.41) is 0.597. The number of hydrogen-bond donors (Lipinski definition) is 0. The zero-order valence-electron chi connectivity index (χ0n) is 19.6. The number of fused-ring (bicyclic) bond motifs is 1. The highest BCUT2D eigenvalue weighted by Gasteiger charge is 2.35. The van der Waals surface area contributed by atoms with E-state index in [-0.39, 0.29) is 16.8 Å². The monoisotopic (exact) mass is 506 g/mol. The average molecular weight is 507 g/mol. The fourth-order valence-corrected chi connectivity index (χ4v) is 6.45. The molecule has 1 amide bonds. The predicted molar refractivity (Wildman–Crippen MR) is 138 cm³/mol. The molecule has 0 saturated heterocycles. The van der Waals surface area contributed by atoms with Gasteiger partial charge in [0, 0.05) is 31.0 Å². The summed E-state index contributed by atoms with van der Waals surface area (Å²) in [5.74, 6) is -0.245. The van der Waals surface area contributed by atoms with E-state index in [1.54, 1.807) is 36.5 Å². The SMILES string of the molecule is CCc1cccc2sc(N(Cc3cccnc3)C(=O)c3ccc(S(=O)(=O)N(C)C4CC4)cc3)nc12. The van der Waals surface area contributed by atoms with Crippen molar-refractivity contribution >= 4 is 42.6 Å². The number of para-hydroxylation sites is 1. The Balaban J connectivity index is 1.50. The first-order chi connectivity index (χ1) is 16.9. The molecule has 9 heteroatoms. The van der Waals surface area contributed by atoms with Gasteiger partial charge in [0.15, 0.2) is 5.13 Å². The third-order valence-corrected chi connectivity index (χ3v) is 9.22. The molecule has 0 unspecified atom stereocenters. The number of amides is 1. The van der Waals surface area contributed by atoms with E-state index < -0.39 is 10.0 Å². The number of aryl methyl sites for hydroxylation is 1. The Kier molecular flexibility index (Phi) is 6.39. The number of pyridine rings is 1. The number of carbonyl (C=O) groups excluding carboxylic acids is 1. The van der Waals surface area contributed by atoms with E-state index >= 15 is 0 Å².